The summed E-state index contributed by atoms with van der Waals surface area (Å²) in [5.74, 6) is -0.355. The van der Waals surface area contributed by atoms with Gasteiger partial charge in [0.1, 0.15) is 0 Å². The first-order valence-electron chi connectivity index (χ1n) is 6.40. The first kappa shape index (κ1) is 14.0. The van der Waals surface area contributed by atoms with Gasteiger partial charge in [0.05, 0.1) is 6.54 Å². The molecule has 0 saturated carbocycles. The highest BCUT2D eigenvalue weighted by Crippen LogP contribution is 2.02. The van der Waals surface area contributed by atoms with Crippen LogP contribution in [0.25, 0.3) is 0 Å². The molecule has 20 heavy (non-hydrogen) atoms. The maximum Gasteiger partial charge on any atom is 0.324 e. The Bertz CT molecular complexity index is 488. The maximum absolute atomic E-state index is 11.6. The van der Waals surface area contributed by atoms with Crippen molar-refractivity contribution in [3.63, 3.8) is 0 Å². The van der Waals surface area contributed by atoms with Gasteiger partial charge >= 0.3 is 6.03 Å². The zero-order valence-corrected chi connectivity index (χ0v) is 11.0. The smallest absolute Gasteiger partial charge is 0.324 e. The number of rotatable bonds is 6. The van der Waals surface area contributed by atoms with E-state index < -0.39 is 0 Å². The van der Waals surface area contributed by atoms with Crippen molar-refractivity contribution in [1.29, 1.82) is 0 Å². The van der Waals surface area contributed by atoms with Crippen LogP contribution in [0.4, 0.5) is 4.79 Å². The zero-order chi connectivity index (χ0) is 14.4. The summed E-state index contributed by atoms with van der Waals surface area (Å²) < 4.78 is 0. The van der Waals surface area contributed by atoms with E-state index in [9.17, 15) is 14.4 Å². The number of hydrogen-bond donors (Lipinski definition) is 2. The third-order valence-corrected chi connectivity index (χ3v) is 2.94. The number of aromatic nitrogens is 1. The topological polar surface area (TPSA) is 91.4 Å². The van der Waals surface area contributed by atoms with Crippen LogP contribution >= 0.6 is 0 Å². The molecule has 4 amide bonds. The van der Waals surface area contributed by atoms with Gasteiger partial charge in [0, 0.05) is 31.9 Å². The van der Waals surface area contributed by atoms with E-state index in [0.717, 1.165) is 10.5 Å². The van der Waals surface area contributed by atoms with E-state index in [4.69, 9.17) is 0 Å². The van der Waals surface area contributed by atoms with E-state index in [1.807, 2.05) is 6.07 Å². The molecule has 1 aromatic heterocycles. The highest BCUT2D eigenvalue weighted by molar-refractivity contribution is 6.01. The first-order valence-corrected chi connectivity index (χ1v) is 6.40. The molecule has 2 rings (SSSR count). The number of nitrogens with zero attached hydrogens (tertiary/aromatic N) is 2. The summed E-state index contributed by atoms with van der Waals surface area (Å²) >= 11 is 0. The molecule has 0 aliphatic carbocycles. The second-order valence-electron chi connectivity index (χ2n) is 4.45. The van der Waals surface area contributed by atoms with Crippen molar-refractivity contribution >= 4 is 17.8 Å². The summed E-state index contributed by atoms with van der Waals surface area (Å²) in [6, 6.07) is 3.30. The number of urea groups is 1. The number of amides is 4. The van der Waals surface area contributed by atoms with Gasteiger partial charge in [-0.25, -0.2) is 4.79 Å². The van der Waals surface area contributed by atoms with Gasteiger partial charge in [-0.05, 0) is 18.1 Å². The van der Waals surface area contributed by atoms with Crippen LogP contribution in [0.5, 0.6) is 0 Å². The Kier molecular flexibility index (Phi) is 4.65. The van der Waals surface area contributed by atoms with E-state index in [0.29, 0.717) is 13.0 Å². The molecule has 2 heterocycles. The molecule has 7 nitrogen and oxygen atoms in total. The van der Waals surface area contributed by atoms with Crippen molar-refractivity contribution in [2.45, 2.75) is 19.4 Å². The molecule has 106 valence electrons. The molecule has 1 aliphatic rings. The van der Waals surface area contributed by atoms with Gasteiger partial charge in [-0.15, -0.1) is 0 Å². The molecular formula is C13H16N4O3. The van der Waals surface area contributed by atoms with Crippen LogP contribution in [0.3, 0.4) is 0 Å². The molecule has 0 spiro atoms. The lowest BCUT2D eigenvalue weighted by atomic mass is 10.2. The number of pyridine rings is 1. The lowest BCUT2D eigenvalue weighted by molar-refractivity contribution is -0.126. The van der Waals surface area contributed by atoms with Crippen molar-refractivity contribution < 1.29 is 14.4 Å². The molecule has 0 bridgehead atoms. The highest BCUT2D eigenvalue weighted by Gasteiger charge is 2.27. The van der Waals surface area contributed by atoms with Crippen LogP contribution < -0.4 is 10.6 Å². The molecule has 1 aliphatic heterocycles. The monoisotopic (exact) mass is 276 g/mol. The fourth-order valence-electron chi connectivity index (χ4n) is 1.87. The van der Waals surface area contributed by atoms with E-state index >= 15 is 0 Å². The van der Waals surface area contributed by atoms with Crippen LogP contribution in [-0.2, 0) is 16.1 Å². The molecule has 0 radical (unpaired) electrons. The molecule has 0 unspecified atom stereocenters. The summed E-state index contributed by atoms with van der Waals surface area (Å²) in [5, 5.41) is 5.20. The predicted molar refractivity (Wildman–Crippen MR) is 70.4 cm³/mol. The minimum atomic E-state index is -0.384. The third-order valence-electron chi connectivity index (χ3n) is 2.94. The summed E-state index contributed by atoms with van der Waals surface area (Å²) in [6.45, 7) is 0.743. The van der Waals surface area contributed by atoms with Crippen LogP contribution in [0.2, 0.25) is 0 Å². The molecule has 1 aromatic rings. The van der Waals surface area contributed by atoms with Gasteiger partial charge < -0.3 is 10.6 Å². The number of nitrogens with one attached hydrogen (secondary N) is 2. The average Bonchev–Trinajstić information content (AvgIpc) is 2.78. The molecule has 0 aromatic carbocycles. The Labute approximate surface area is 116 Å². The van der Waals surface area contributed by atoms with E-state index in [1.54, 1.807) is 18.5 Å². The SMILES string of the molecule is O=C(CCCN1C(=O)CNC1=O)NCc1cccnc1. The van der Waals surface area contributed by atoms with Gasteiger partial charge in [-0.3, -0.25) is 19.5 Å². The Morgan fingerprint density at radius 1 is 1.45 bits per heavy atom. The predicted octanol–water partition coefficient (Wildman–Crippen LogP) is 0.0298. The molecule has 7 heteroatoms. The zero-order valence-electron chi connectivity index (χ0n) is 11.0. The summed E-state index contributed by atoms with van der Waals surface area (Å²) in [4.78, 5) is 39.3. The van der Waals surface area contributed by atoms with Crippen LogP contribution in [-0.4, -0.2) is 40.8 Å². The second-order valence-corrected chi connectivity index (χ2v) is 4.45. The Morgan fingerprint density at radius 3 is 2.95 bits per heavy atom. The summed E-state index contributed by atoms with van der Waals surface area (Å²) in [6.07, 6.45) is 4.09. The summed E-state index contributed by atoms with van der Waals surface area (Å²) in [5.41, 5.74) is 0.926. The van der Waals surface area contributed by atoms with Crippen LogP contribution in [0, 0.1) is 0 Å². The molecule has 2 N–H and O–H groups in total. The average molecular weight is 276 g/mol. The Morgan fingerprint density at radius 2 is 2.30 bits per heavy atom. The maximum atomic E-state index is 11.6. The first-order chi connectivity index (χ1) is 9.66. The number of carbonyl (C=O) groups excluding carboxylic acids is 3. The molecule has 1 fully saturated rings. The van der Waals surface area contributed by atoms with Gasteiger partial charge in [-0.1, -0.05) is 6.07 Å². The van der Waals surface area contributed by atoms with Gasteiger partial charge in [0.2, 0.25) is 11.8 Å². The highest BCUT2D eigenvalue weighted by atomic mass is 16.2. The molecule has 1 saturated heterocycles. The van der Waals surface area contributed by atoms with Crippen molar-refractivity contribution in [2.24, 2.45) is 0 Å². The van der Waals surface area contributed by atoms with Crippen LogP contribution in [0.1, 0.15) is 18.4 Å². The second kappa shape index (κ2) is 6.65. The summed E-state index contributed by atoms with van der Waals surface area (Å²) in [7, 11) is 0. The quantitative estimate of drug-likeness (QED) is 0.717. The lowest BCUT2D eigenvalue weighted by Gasteiger charge is -2.11. The fraction of sp³-hybridized carbons (Fsp3) is 0.385. The van der Waals surface area contributed by atoms with Gasteiger partial charge in [0.15, 0.2) is 0 Å². The Balaban J connectivity index is 1.65. The fourth-order valence-corrected chi connectivity index (χ4v) is 1.87. The van der Waals surface area contributed by atoms with Crippen molar-refractivity contribution in [1.82, 2.24) is 20.5 Å². The molecule has 0 atom stereocenters. The van der Waals surface area contributed by atoms with Crippen molar-refractivity contribution in [2.75, 3.05) is 13.1 Å². The lowest BCUT2D eigenvalue weighted by Crippen LogP contribution is -2.32. The van der Waals surface area contributed by atoms with Crippen molar-refractivity contribution in [3.05, 3.63) is 30.1 Å². The van der Waals surface area contributed by atoms with E-state index in [-0.39, 0.29) is 37.4 Å². The molecular weight excluding hydrogens is 260 g/mol. The minimum absolute atomic E-state index is 0.0477. The number of hydrogen-bond acceptors (Lipinski definition) is 4. The Hall–Kier alpha value is -2.44. The van der Waals surface area contributed by atoms with Gasteiger partial charge in [0.25, 0.3) is 0 Å². The third kappa shape index (κ3) is 3.78. The standard InChI is InChI=1S/C13H16N4O3/c18-11(15-8-10-3-1-5-14-7-10)4-2-6-17-12(19)9-16-13(17)20/h1,3,5,7H,2,4,6,8-9H2,(H,15,18)(H,16,20). The normalized spacial score (nSPS) is 14.3. The van der Waals surface area contributed by atoms with Crippen LogP contribution in [0.15, 0.2) is 24.5 Å². The number of carbonyl (C=O) groups is 3. The van der Waals surface area contributed by atoms with E-state index in [1.165, 1.54) is 0 Å². The van der Waals surface area contributed by atoms with Crippen molar-refractivity contribution in [3.8, 4) is 0 Å². The van der Waals surface area contributed by atoms with E-state index in [2.05, 4.69) is 15.6 Å². The largest absolute Gasteiger partial charge is 0.352 e. The minimum Gasteiger partial charge on any atom is -0.352 e. The number of imide groups is 1. The van der Waals surface area contributed by atoms with Gasteiger partial charge in [-0.2, -0.15) is 0 Å².